The zero-order chi connectivity index (χ0) is 13.8. The zero-order valence-electron chi connectivity index (χ0n) is 11.9. The minimum absolute atomic E-state index is 0.505. The Morgan fingerprint density at radius 2 is 2.00 bits per heavy atom. The van der Waals surface area contributed by atoms with E-state index in [1.807, 2.05) is 0 Å². The standard InChI is InChI=1S/C13H23N5O/c1-9-4-6-10(7-5-9)18(2)13-11(19-3)12(17-14)15-8-16-13/h8-10H,4-7,14H2,1-3H3,(H,15,16,17). The molecule has 0 spiro atoms. The number of anilines is 2. The Kier molecular flexibility index (Phi) is 4.42. The van der Waals surface area contributed by atoms with Crippen LogP contribution in [0.3, 0.4) is 0 Å². The van der Waals surface area contributed by atoms with Gasteiger partial charge in [-0.1, -0.05) is 6.92 Å². The zero-order valence-corrected chi connectivity index (χ0v) is 11.9. The van der Waals surface area contributed by atoms with Crippen LogP contribution in [0.25, 0.3) is 0 Å². The molecule has 0 atom stereocenters. The van der Waals surface area contributed by atoms with Crippen LogP contribution in [-0.4, -0.2) is 30.2 Å². The van der Waals surface area contributed by atoms with E-state index in [1.54, 1.807) is 7.11 Å². The molecule has 0 saturated heterocycles. The van der Waals surface area contributed by atoms with Gasteiger partial charge in [-0.3, -0.25) is 0 Å². The summed E-state index contributed by atoms with van der Waals surface area (Å²) in [6, 6.07) is 0.505. The van der Waals surface area contributed by atoms with E-state index in [0.29, 0.717) is 17.6 Å². The summed E-state index contributed by atoms with van der Waals surface area (Å²) in [5.41, 5.74) is 2.55. The smallest absolute Gasteiger partial charge is 0.205 e. The predicted octanol–water partition coefficient (Wildman–Crippen LogP) is 1.79. The molecule has 1 heterocycles. The highest BCUT2D eigenvalue weighted by Gasteiger charge is 2.25. The van der Waals surface area contributed by atoms with Crippen LogP contribution < -0.4 is 20.9 Å². The summed E-state index contributed by atoms with van der Waals surface area (Å²) < 4.78 is 5.39. The normalized spacial score (nSPS) is 22.9. The molecule has 1 fully saturated rings. The highest BCUT2D eigenvalue weighted by atomic mass is 16.5. The van der Waals surface area contributed by atoms with Crippen LogP contribution in [0.1, 0.15) is 32.6 Å². The fourth-order valence-electron chi connectivity index (χ4n) is 2.71. The van der Waals surface area contributed by atoms with Crippen molar-refractivity contribution < 1.29 is 4.74 Å². The first kappa shape index (κ1) is 13.9. The molecule has 1 saturated carbocycles. The first-order valence-corrected chi connectivity index (χ1v) is 6.75. The number of ether oxygens (including phenoxy) is 1. The third-order valence-corrected chi connectivity index (χ3v) is 3.99. The van der Waals surface area contributed by atoms with Gasteiger partial charge >= 0.3 is 0 Å². The molecule has 3 N–H and O–H groups in total. The Balaban J connectivity index is 2.21. The summed E-state index contributed by atoms with van der Waals surface area (Å²) in [4.78, 5) is 10.6. The van der Waals surface area contributed by atoms with Gasteiger partial charge in [0.2, 0.25) is 5.75 Å². The van der Waals surface area contributed by atoms with E-state index in [1.165, 1.54) is 32.0 Å². The molecular weight excluding hydrogens is 242 g/mol. The number of methoxy groups -OCH3 is 1. The molecule has 1 aliphatic carbocycles. The molecule has 6 heteroatoms. The van der Waals surface area contributed by atoms with Crippen molar-refractivity contribution in [2.24, 2.45) is 11.8 Å². The number of hydrogen-bond donors (Lipinski definition) is 2. The van der Waals surface area contributed by atoms with Crippen molar-refractivity contribution in [1.29, 1.82) is 0 Å². The molecule has 1 aromatic heterocycles. The first-order valence-electron chi connectivity index (χ1n) is 6.75. The van der Waals surface area contributed by atoms with Crippen LogP contribution >= 0.6 is 0 Å². The summed E-state index contributed by atoms with van der Waals surface area (Å²) >= 11 is 0. The lowest BCUT2D eigenvalue weighted by Crippen LogP contribution is -2.35. The van der Waals surface area contributed by atoms with Crippen LogP contribution in [0.4, 0.5) is 11.6 Å². The number of nitrogen functional groups attached to an aromatic ring is 1. The van der Waals surface area contributed by atoms with Crippen molar-refractivity contribution in [3.8, 4) is 5.75 Å². The number of nitrogens with zero attached hydrogens (tertiary/aromatic N) is 3. The molecule has 0 radical (unpaired) electrons. The van der Waals surface area contributed by atoms with Gasteiger partial charge in [-0.05, 0) is 31.6 Å². The molecule has 19 heavy (non-hydrogen) atoms. The monoisotopic (exact) mass is 265 g/mol. The molecule has 0 amide bonds. The van der Waals surface area contributed by atoms with E-state index in [0.717, 1.165) is 11.7 Å². The summed E-state index contributed by atoms with van der Waals surface area (Å²) in [6.07, 6.45) is 6.43. The van der Waals surface area contributed by atoms with Crippen molar-refractivity contribution in [3.63, 3.8) is 0 Å². The summed E-state index contributed by atoms with van der Waals surface area (Å²) in [5.74, 6) is 8.20. The van der Waals surface area contributed by atoms with E-state index in [9.17, 15) is 0 Å². The average molecular weight is 265 g/mol. The molecule has 6 nitrogen and oxygen atoms in total. The van der Waals surface area contributed by atoms with Gasteiger partial charge in [0.05, 0.1) is 7.11 Å². The summed E-state index contributed by atoms with van der Waals surface area (Å²) in [7, 11) is 3.67. The Morgan fingerprint density at radius 3 is 2.58 bits per heavy atom. The maximum Gasteiger partial charge on any atom is 0.205 e. The van der Waals surface area contributed by atoms with E-state index < -0.39 is 0 Å². The topological polar surface area (TPSA) is 76.3 Å². The fraction of sp³-hybridized carbons (Fsp3) is 0.692. The second kappa shape index (κ2) is 6.06. The number of aromatic nitrogens is 2. The number of nitrogens with one attached hydrogen (secondary N) is 1. The lowest BCUT2D eigenvalue weighted by Gasteiger charge is -2.34. The predicted molar refractivity (Wildman–Crippen MR) is 76.2 cm³/mol. The number of rotatable bonds is 4. The van der Waals surface area contributed by atoms with Gasteiger partial charge in [-0.15, -0.1) is 0 Å². The van der Waals surface area contributed by atoms with E-state index in [-0.39, 0.29) is 0 Å². The van der Waals surface area contributed by atoms with Crippen molar-refractivity contribution in [1.82, 2.24) is 9.97 Å². The number of hydrazine groups is 1. The molecule has 0 bridgehead atoms. The van der Waals surface area contributed by atoms with E-state index >= 15 is 0 Å². The van der Waals surface area contributed by atoms with Crippen LogP contribution in [-0.2, 0) is 0 Å². The average Bonchev–Trinajstić information content (AvgIpc) is 2.46. The minimum Gasteiger partial charge on any atom is -0.490 e. The van der Waals surface area contributed by atoms with Crippen LogP contribution in [0.15, 0.2) is 6.33 Å². The first-order chi connectivity index (χ1) is 9.17. The van der Waals surface area contributed by atoms with Gasteiger partial charge in [0.1, 0.15) is 6.33 Å². The molecule has 1 aromatic rings. The van der Waals surface area contributed by atoms with Crippen molar-refractivity contribution in [2.75, 3.05) is 24.5 Å². The summed E-state index contributed by atoms with van der Waals surface area (Å²) in [5, 5.41) is 0. The highest BCUT2D eigenvalue weighted by Crippen LogP contribution is 2.35. The SMILES string of the molecule is COc1c(NN)ncnc1N(C)C1CCC(C)CC1. The van der Waals surface area contributed by atoms with E-state index in [4.69, 9.17) is 10.6 Å². The van der Waals surface area contributed by atoms with Crippen LogP contribution in [0.5, 0.6) is 5.75 Å². The molecule has 0 unspecified atom stereocenters. The second-order valence-corrected chi connectivity index (χ2v) is 5.25. The van der Waals surface area contributed by atoms with Gasteiger partial charge in [0, 0.05) is 13.1 Å². The maximum atomic E-state index is 5.45. The van der Waals surface area contributed by atoms with Gasteiger partial charge in [-0.2, -0.15) is 0 Å². The Bertz CT molecular complexity index is 417. The summed E-state index contributed by atoms with van der Waals surface area (Å²) in [6.45, 7) is 2.32. The van der Waals surface area contributed by atoms with Gasteiger partial charge in [-0.25, -0.2) is 15.8 Å². The molecule has 0 aliphatic heterocycles. The maximum absolute atomic E-state index is 5.45. The Morgan fingerprint density at radius 1 is 1.32 bits per heavy atom. The molecule has 1 aliphatic rings. The third-order valence-electron chi connectivity index (χ3n) is 3.99. The Labute approximate surface area is 114 Å². The van der Waals surface area contributed by atoms with E-state index in [2.05, 4.69) is 34.3 Å². The van der Waals surface area contributed by atoms with Crippen molar-refractivity contribution in [3.05, 3.63) is 6.33 Å². The van der Waals surface area contributed by atoms with Gasteiger partial charge in [0.15, 0.2) is 11.6 Å². The van der Waals surface area contributed by atoms with Gasteiger partial charge in [0.25, 0.3) is 0 Å². The molecular formula is C13H23N5O. The minimum atomic E-state index is 0.505. The molecule has 0 aromatic carbocycles. The van der Waals surface area contributed by atoms with Crippen LogP contribution in [0, 0.1) is 5.92 Å². The molecule has 106 valence electrons. The fourth-order valence-corrected chi connectivity index (χ4v) is 2.71. The molecule has 2 rings (SSSR count). The quantitative estimate of drug-likeness (QED) is 0.638. The lowest BCUT2D eigenvalue weighted by molar-refractivity contribution is 0.337. The number of nitrogens with two attached hydrogens (primary N) is 1. The largest absolute Gasteiger partial charge is 0.490 e. The Hall–Kier alpha value is -1.56. The lowest BCUT2D eigenvalue weighted by atomic mass is 9.87. The van der Waals surface area contributed by atoms with Crippen LogP contribution in [0.2, 0.25) is 0 Å². The van der Waals surface area contributed by atoms with Gasteiger partial charge < -0.3 is 15.1 Å². The third kappa shape index (κ3) is 2.89. The van der Waals surface area contributed by atoms with Crippen molar-refractivity contribution in [2.45, 2.75) is 38.6 Å². The second-order valence-electron chi connectivity index (χ2n) is 5.25. The number of hydrogen-bond acceptors (Lipinski definition) is 6. The highest BCUT2D eigenvalue weighted by molar-refractivity contribution is 5.64. The van der Waals surface area contributed by atoms with Crippen molar-refractivity contribution >= 4 is 11.6 Å².